The van der Waals surface area contributed by atoms with Crippen LogP contribution in [0.1, 0.15) is 11.1 Å². The number of rotatable bonds is 5. The molecule has 0 spiro atoms. The van der Waals surface area contributed by atoms with E-state index in [2.05, 4.69) is 15.9 Å². The molecule has 0 bridgehead atoms. The summed E-state index contributed by atoms with van der Waals surface area (Å²) in [5.74, 6) is 1.57. The van der Waals surface area contributed by atoms with Gasteiger partial charge in [-0.1, -0.05) is 34.1 Å². The van der Waals surface area contributed by atoms with Gasteiger partial charge in [-0.25, -0.2) is 0 Å². The summed E-state index contributed by atoms with van der Waals surface area (Å²) in [7, 11) is 1.64. The van der Waals surface area contributed by atoms with Gasteiger partial charge in [-0.05, 0) is 23.8 Å². The zero-order chi connectivity index (χ0) is 13.7. The largest absolute Gasteiger partial charge is 0.497 e. The van der Waals surface area contributed by atoms with Gasteiger partial charge in [0, 0.05) is 22.6 Å². The van der Waals surface area contributed by atoms with E-state index in [0.29, 0.717) is 13.2 Å². The maximum Gasteiger partial charge on any atom is 0.123 e. The Hall–Kier alpha value is -1.52. The van der Waals surface area contributed by atoms with Crippen LogP contribution in [-0.4, -0.2) is 7.11 Å². The molecule has 0 aliphatic heterocycles. The van der Waals surface area contributed by atoms with Gasteiger partial charge in [-0.15, -0.1) is 0 Å². The van der Waals surface area contributed by atoms with Gasteiger partial charge in [-0.2, -0.15) is 0 Å². The lowest BCUT2D eigenvalue weighted by Gasteiger charge is -2.10. The van der Waals surface area contributed by atoms with Crippen molar-refractivity contribution < 1.29 is 9.47 Å². The number of methoxy groups -OCH3 is 1. The minimum Gasteiger partial charge on any atom is -0.497 e. The minimum absolute atomic E-state index is 0.499. The monoisotopic (exact) mass is 321 g/mol. The highest BCUT2D eigenvalue weighted by atomic mass is 79.9. The second kappa shape index (κ2) is 6.59. The summed E-state index contributed by atoms with van der Waals surface area (Å²) in [5, 5.41) is 0. The summed E-state index contributed by atoms with van der Waals surface area (Å²) in [5.41, 5.74) is 7.78. The van der Waals surface area contributed by atoms with Crippen LogP contribution >= 0.6 is 15.9 Å². The van der Waals surface area contributed by atoms with Gasteiger partial charge in [0.15, 0.2) is 0 Å². The van der Waals surface area contributed by atoms with Crippen LogP contribution in [-0.2, 0) is 13.2 Å². The molecule has 2 N–H and O–H groups in total. The van der Waals surface area contributed by atoms with E-state index in [9.17, 15) is 0 Å². The van der Waals surface area contributed by atoms with E-state index in [1.54, 1.807) is 7.11 Å². The Morgan fingerprint density at radius 2 is 1.89 bits per heavy atom. The third-order valence-electron chi connectivity index (χ3n) is 2.79. The van der Waals surface area contributed by atoms with Crippen molar-refractivity contribution in [2.45, 2.75) is 13.2 Å². The smallest absolute Gasteiger partial charge is 0.123 e. The zero-order valence-electron chi connectivity index (χ0n) is 10.7. The predicted molar refractivity (Wildman–Crippen MR) is 79.4 cm³/mol. The van der Waals surface area contributed by atoms with E-state index in [-0.39, 0.29) is 0 Å². The molecule has 3 nitrogen and oxygen atoms in total. The molecule has 0 radical (unpaired) electrons. The van der Waals surface area contributed by atoms with Crippen molar-refractivity contribution in [1.82, 2.24) is 0 Å². The van der Waals surface area contributed by atoms with Crippen LogP contribution < -0.4 is 15.2 Å². The van der Waals surface area contributed by atoms with Gasteiger partial charge in [0.1, 0.15) is 18.1 Å². The second-order valence-corrected chi connectivity index (χ2v) is 4.95. The van der Waals surface area contributed by atoms with Crippen molar-refractivity contribution in [3.8, 4) is 11.5 Å². The van der Waals surface area contributed by atoms with Crippen LogP contribution in [0.3, 0.4) is 0 Å². The highest BCUT2D eigenvalue weighted by Gasteiger charge is 2.03. The third kappa shape index (κ3) is 3.72. The van der Waals surface area contributed by atoms with Crippen molar-refractivity contribution >= 4 is 15.9 Å². The number of benzene rings is 2. The SMILES string of the molecule is COc1cccc(OCc2ccc(CN)cc2Br)c1. The lowest BCUT2D eigenvalue weighted by Crippen LogP contribution is -2.00. The fourth-order valence-electron chi connectivity index (χ4n) is 1.69. The molecule has 0 aliphatic carbocycles. The predicted octanol–water partition coefficient (Wildman–Crippen LogP) is 3.50. The zero-order valence-corrected chi connectivity index (χ0v) is 12.3. The number of ether oxygens (including phenoxy) is 2. The maximum absolute atomic E-state index is 5.75. The fourth-order valence-corrected chi connectivity index (χ4v) is 2.23. The normalized spacial score (nSPS) is 10.3. The first-order valence-electron chi connectivity index (χ1n) is 5.97. The van der Waals surface area contributed by atoms with Crippen LogP contribution in [0.5, 0.6) is 11.5 Å². The summed E-state index contributed by atoms with van der Waals surface area (Å²) in [6, 6.07) is 13.6. The van der Waals surface area contributed by atoms with Crippen LogP contribution in [0, 0.1) is 0 Å². The molecule has 19 heavy (non-hydrogen) atoms. The molecule has 2 aromatic rings. The lowest BCUT2D eigenvalue weighted by molar-refractivity contribution is 0.303. The standard InChI is InChI=1S/C15H16BrNO2/c1-18-13-3-2-4-14(8-13)19-10-12-6-5-11(9-17)7-15(12)16/h2-8H,9-10,17H2,1H3. The van der Waals surface area contributed by atoms with Gasteiger partial charge < -0.3 is 15.2 Å². The van der Waals surface area contributed by atoms with Gasteiger partial charge in [-0.3, -0.25) is 0 Å². The Morgan fingerprint density at radius 1 is 1.11 bits per heavy atom. The molecule has 0 aliphatic rings. The van der Waals surface area contributed by atoms with Gasteiger partial charge >= 0.3 is 0 Å². The molecule has 100 valence electrons. The first-order valence-corrected chi connectivity index (χ1v) is 6.76. The van der Waals surface area contributed by atoms with Crippen LogP contribution in [0.25, 0.3) is 0 Å². The summed E-state index contributed by atoms with van der Waals surface area (Å²) >= 11 is 3.53. The molecule has 0 atom stereocenters. The molecule has 0 unspecified atom stereocenters. The highest BCUT2D eigenvalue weighted by molar-refractivity contribution is 9.10. The molecule has 0 aromatic heterocycles. The van der Waals surface area contributed by atoms with Gasteiger partial charge in [0.05, 0.1) is 7.11 Å². The van der Waals surface area contributed by atoms with Crippen LogP contribution in [0.4, 0.5) is 0 Å². The number of hydrogen-bond donors (Lipinski definition) is 1. The molecule has 4 heteroatoms. The number of hydrogen-bond acceptors (Lipinski definition) is 3. The quantitative estimate of drug-likeness (QED) is 0.916. The molecular weight excluding hydrogens is 306 g/mol. The van der Waals surface area contributed by atoms with Crippen LogP contribution in [0.2, 0.25) is 0 Å². The molecule has 2 aromatic carbocycles. The Labute approximate surface area is 121 Å². The Bertz CT molecular complexity index is 558. The van der Waals surface area contributed by atoms with Crippen molar-refractivity contribution in [2.24, 2.45) is 5.73 Å². The van der Waals surface area contributed by atoms with Crippen molar-refractivity contribution in [3.05, 3.63) is 58.1 Å². The first-order chi connectivity index (χ1) is 9.22. The molecule has 0 fully saturated rings. The average Bonchev–Trinajstić information content (AvgIpc) is 2.46. The fraction of sp³-hybridized carbons (Fsp3) is 0.200. The molecule has 0 saturated carbocycles. The molecular formula is C15H16BrNO2. The number of halogens is 1. The van der Waals surface area contributed by atoms with E-state index >= 15 is 0 Å². The number of nitrogens with two attached hydrogens (primary N) is 1. The topological polar surface area (TPSA) is 44.5 Å². The average molecular weight is 322 g/mol. The minimum atomic E-state index is 0.499. The first kappa shape index (κ1) is 13.9. The third-order valence-corrected chi connectivity index (χ3v) is 3.53. The van der Waals surface area contributed by atoms with E-state index < -0.39 is 0 Å². The molecule has 0 heterocycles. The van der Waals surface area contributed by atoms with Crippen molar-refractivity contribution in [3.63, 3.8) is 0 Å². The second-order valence-electron chi connectivity index (χ2n) is 4.10. The van der Waals surface area contributed by atoms with Crippen molar-refractivity contribution in [2.75, 3.05) is 7.11 Å². The van der Waals surface area contributed by atoms with Crippen molar-refractivity contribution in [1.29, 1.82) is 0 Å². The van der Waals surface area contributed by atoms with E-state index in [1.807, 2.05) is 42.5 Å². The summed E-state index contributed by atoms with van der Waals surface area (Å²) in [6.07, 6.45) is 0. The van der Waals surface area contributed by atoms with E-state index in [1.165, 1.54) is 0 Å². The summed E-state index contributed by atoms with van der Waals surface area (Å²) in [4.78, 5) is 0. The summed E-state index contributed by atoms with van der Waals surface area (Å²) in [6.45, 7) is 1.04. The highest BCUT2D eigenvalue weighted by Crippen LogP contribution is 2.23. The molecule has 2 rings (SSSR count). The van der Waals surface area contributed by atoms with E-state index in [4.69, 9.17) is 15.2 Å². The van der Waals surface area contributed by atoms with E-state index in [0.717, 1.165) is 27.1 Å². The maximum atomic E-state index is 5.75. The Morgan fingerprint density at radius 3 is 2.58 bits per heavy atom. The Kier molecular flexibility index (Phi) is 4.82. The van der Waals surface area contributed by atoms with Gasteiger partial charge in [0.2, 0.25) is 0 Å². The molecule has 0 saturated heterocycles. The molecule has 0 amide bonds. The lowest BCUT2D eigenvalue weighted by atomic mass is 10.1. The van der Waals surface area contributed by atoms with Crippen LogP contribution in [0.15, 0.2) is 46.9 Å². The van der Waals surface area contributed by atoms with Gasteiger partial charge in [0.25, 0.3) is 0 Å². The summed E-state index contributed by atoms with van der Waals surface area (Å²) < 4.78 is 11.9. The Balaban J connectivity index is 2.05.